The number of ether oxygens (including phenoxy) is 2. The summed E-state index contributed by atoms with van der Waals surface area (Å²) in [5.74, 6) is 1.42. The molecule has 0 bridgehead atoms. The average Bonchev–Trinajstić information content (AvgIpc) is 3.56. The summed E-state index contributed by atoms with van der Waals surface area (Å²) >= 11 is 0. The second-order valence-corrected chi connectivity index (χ2v) is 9.42. The van der Waals surface area contributed by atoms with Crippen molar-refractivity contribution in [2.75, 3.05) is 38.7 Å². The SMILES string of the molecule is CN(C)CCOc1cccc2c1CCN2C(=O)[C@H](CCC1CC1)NC(=O)OCc1ccccc1. The van der Waals surface area contributed by atoms with Crippen LogP contribution in [0, 0.1) is 5.92 Å². The number of hydrogen-bond donors (Lipinski definition) is 1. The number of hydrogen-bond acceptors (Lipinski definition) is 5. The predicted octanol–water partition coefficient (Wildman–Crippen LogP) is 4.00. The van der Waals surface area contributed by atoms with Crippen LogP contribution in [-0.4, -0.2) is 56.7 Å². The van der Waals surface area contributed by atoms with Crippen molar-refractivity contribution in [3.63, 3.8) is 0 Å². The van der Waals surface area contributed by atoms with Crippen molar-refractivity contribution in [1.82, 2.24) is 10.2 Å². The fourth-order valence-electron chi connectivity index (χ4n) is 4.27. The van der Waals surface area contributed by atoms with Crippen molar-refractivity contribution in [3.8, 4) is 5.75 Å². The number of benzene rings is 2. The fraction of sp³-hybridized carbons (Fsp3) is 0.481. The Morgan fingerprint density at radius 2 is 1.91 bits per heavy atom. The van der Waals surface area contributed by atoms with Gasteiger partial charge in [-0.1, -0.05) is 49.2 Å². The first-order valence-electron chi connectivity index (χ1n) is 12.2. The third kappa shape index (κ3) is 6.50. The van der Waals surface area contributed by atoms with Crippen molar-refractivity contribution in [2.45, 2.75) is 44.8 Å². The zero-order valence-electron chi connectivity index (χ0n) is 20.2. The predicted molar refractivity (Wildman–Crippen MR) is 132 cm³/mol. The number of nitrogens with one attached hydrogen (secondary N) is 1. The molecule has 1 aliphatic carbocycles. The Kier molecular flexibility index (Phi) is 8.06. The van der Waals surface area contributed by atoms with Crippen LogP contribution in [0.15, 0.2) is 48.5 Å². The van der Waals surface area contributed by atoms with E-state index in [-0.39, 0.29) is 12.5 Å². The molecule has 7 heteroatoms. The molecule has 2 amide bonds. The van der Waals surface area contributed by atoms with Gasteiger partial charge in [0.05, 0.1) is 5.69 Å². The summed E-state index contributed by atoms with van der Waals surface area (Å²) in [7, 11) is 4.03. The van der Waals surface area contributed by atoms with E-state index in [1.165, 1.54) is 12.8 Å². The fourth-order valence-corrected chi connectivity index (χ4v) is 4.27. The summed E-state index contributed by atoms with van der Waals surface area (Å²) < 4.78 is 11.4. The maximum absolute atomic E-state index is 13.6. The van der Waals surface area contributed by atoms with Crippen molar-refractivity contribution in [1.29, 1.82) is 0 Å². The number of rotatable bonds is 11. The smallest absolute Gasteiger partial charge is 0.408 e. The molecule has 0 saturated heterocycles. The molecular formula is C27H35N3O4. The van der Waals surface area contributed by atoms with Crippen LogP contribution >= 0.6 is 0 Å². The molecule has 182 valence electrons. The third-order valence-electron chi connectivity index (χ3n) is 6.41. The van der Waals surface area contributed by atoms with E-state index in [1.54, 1.807) is 4.90 Å². The van der Waals surface area contributed by atoms with Crippen LogP contribution in [0.2, 0.25) is 0 Å². The monoisotopic (exact) mass is 465 g/mol. The molecule has 2 aromatic rings. The number of fused-ring (bicyclic) bond motifs is 1. The van der Waals surface area contributed by atoms with Crippen molar-refractivity contribution in [2.24, 2.45) is 5.92 Å². The molecule has 7 nitrogen and oxygen atoms in total. The van der Waals surface area contributed by atoms with Crippen LogP contribution < -0.4 is 15.0 Å². The average molecular weight is 466 g/mol. The zero-order valence-corrected chi connectivity index (χ0v) is 20.2. The van der Waals surface area contributed by atoms with E-state index in [0.717, 1.165) is 42.0 Å². The van der Waals surface area contributed by atoms with Crippen molar-refractivity contribution >= 4 is 17.7 Å². The molecule has 1 saturated carbocycles. The van der Waals surface area contributed by atoms with Gasteiger partial charge < -0.3 is 24.6 Å². The normalized spacial score (nSPS) is 15.7. The van der Waals surface area contributed by atoms with Crippen LogP contribution in [0.5, 0.6) is 5.75 Å². The van der Waals surface area contributed by atoms with Gasteiger partial charge in [0, 0.05) is 18.7 Å². The molecule has 2 aromatic carbocycles. The Bertz CT molecular complexity index is 975. The molecule has 34 heavy (non-hydrogen) atoms. The van der Waals surface area contributed by atoms with Gasteiger partial charge in [-0.2, -0.15) is 0 Å². The first-order chi connectivity index (χ1) is 16.5. The molecule has 1 aliphatic heterocycles. The Balaban J connectivity index is 1.41. The maximum Gasteiger partial charge on any atom is 0.408 e. The Morgan fingerprint density at radius 3 is 2.65 bits per heavy atom. The van der Waals surface area contributed by atoms with Gasteiger partial charge in [-0.15, -0.1) is 0 Å². The second-order valence-electron chi connectivity index (χ2n) is 9.42. The largest absolute Gasteiger partial charge is 0.492 e. The molecule has 0 unspecified atom stereocenters. The minimum Gasteiger partial charge on any atom is -0.492 e. The lowest BCUT2D eigenvalue weighted by Crippen LogP contribution is -2.48. The quantitative estimate of drug-likeness (QED) is 0.543. The zero-order chi connectivity index (χ0) is 23.9. The molecule has 2 aliphatic rings. The molecule has 1 heterocycles. The van der Waals surface area contributed by atoms with Gasteiger partial charge in [0.25, 0.3) is 0 Å². The lowest BCUT2D eigenvalue weighted by molar-refractivity contribution is -0.120. The Morgan fingerprint density at radius 1 is 1.12 bits per heavy atom. The number of carbonyl (C=O) groups excluding carboxylic acids is 2. The standard InChI is InChI=1S/C27H35N3O4/c1-29(2)17-18-33-25-10-6-9-24-22(25)15-16-30(24)26(31)23(14-13-20-11-12-20)28-27(32)34-19-21-7-4-3-5-8-21/h3-10,20,23H,11-19H2,1-2H3,(H,28,32)/t23-/m0/s1. The molecule has 0 aromatic heterocycles. The summed E-state index contributed by atoms with van der Waals surface area (Å²) in [6, 6.07) is 14.8. The van der Waals surface area contributed by atoms with Crippen LogP contribution in [0.25, 0.3) is 0 Å². The van der Waals surface area contributed by atoms with E-state index in [9.17, 15) is 9.59 Å². The summed E-state index contributed by atoms with van der Waals surface area (Å²) in [6.07, 6.45) is 4.16. The highest BCUT2D eigenvalue weighted by Gasteiger charge is 2.34. The van der Waals surface area contributed by atoms with E-state index in [0.29, 0.717) is 25.5 Å². The Labute approximate surface area is 202 Å². The van der Waals surface area contributed by atoms with Gasteiger partial charge in [-0.25, -0.2) is 4.79 Å². The molecule has 4 rings (SSSR count). The lowest BCUT2D eigenvalue weighted by atomic mass is 10.1. The number of nitrogens with zero attached hydrogens (tertiary/aromatic N) is 2. The van der Waals surface area contributed by atoms with Gasteiger partial charge in [0.15, 0.2) is 0 Å². The minimum atomic E-state index is -0.604. The molecule has 1 fully saturated rings. The lowest BCUT2D eigenvalue weighted by Gasteiger charge is -2.25. The number of anilines is 1. The minimum absolute atomic E-state index is 0.0819. The molecule has 0 spiro atoms. The van der Waals surface area contributed by atoms with Gasteiger partial charge in [0.2, 0.25) is 5.91 Å². The Hall–Kier alpha value is -3.06. The summed E-state index contributed by atoms with van der Waals surface area (Å²) in [4.78, 5) is 30.0. The van der Waals surface area contributed by atoms with Crippen LogP contribution in [0.1, 0.15) is 36.8 Å². The van der Waals surface area contributed by atoms with Crippen molar-refractivity contribution < 1.29 is 19.1 Å². The molecule has 0 radical (unpaired) electrons. The van der Waals surface area contributed by atoms with Crippen LogP contribution in [0.4, 0.5) is 10.5 Å². The van der Waals surface area contributed by atoms with E-state index in [4.69, 9.17) is 9.47 Å². The highest BCUT2D eigenvalue weighted by molar-refractivity contribution is 6.00. The van der Waals surface area contributed by atoms with Gasteiger partial charge in [-0.05, 0) is 57.0 Å². The second kappa shape index (κ2) is 11.4. The third-order valence-corrected chi connectivity index (χ3v) is 6.41. The summed E-state index contributed by atoms with van der Waals surface area (Å²) in [6.45, 7) is 2.18. The highest BCUT2D eigenvalue weighted by atomic mass is 16.5. The van der Waals surface area contributed by atoms with E-state index < -0.39 is 12.1 Å². The van der Waals surface area contributed by atoms with E-state index >= 15 is 0 Å². The van der Waals surface area contributed by atoms with E-state index in [1.807, 2.05) is 62.6 Å². The first-order valence-corrected chi connectivity index (χ1v) is 12.2. The van der Waals surface area contributed by atoms with Crippen LogP contribution in [0.3, 0.4) is 0 Å². The number of amides is 2. The van der Waals surface area contributed by atoms with Crippen LogP contribution in [-0.2, 0) is 22.6 Å². The maximum atomic E-state index is 13.6. The van der Waals surface area contributed by atoms with E-state index in [2.05, 4.69) is 10.2 Å². The van der Waals surface area contributed by atoms with Crippen molar-refractivity contribution in [3.05, 3.63) is 59.7 Å². The van der Waals surface area contributed by atoms with Gasteiger partial charge in [0.1, 0.15) is 25.0 Å². The first kappa shape index (κ1) is 24.1. The highest BCUT2D eigenvalue weighted by Crippen LogP contribution is 2.37. The van der Waals surface area contributed by atoms with Gasteiger partial charge in [-0.3, -0.25) is 4.79 Å². The molecule has 1 atom stereocenters. The summed E-state index contributed by atoms with van der Waals surface area (Å²) in [5, 5.41) is 2.85. The molecular weight excluding hydrogens is 430 g/mol. The van der Waals surface area contributed by atoms with Gasteiger partial charge >= 0.3 is 6.09 Å². The summed E-state index contributed by atoms with van der Waals surface area (Å²) in [5.41, 5.74) is 2.85. The number of alkyl carbamates (subject to hydrolysis) is 1. The molecule has 1 N–H and O–H groups in total. The number of carbonyl (C=O) groups is 2. The topological polar surface area (TPSA) is 71.1 Å². The number of likely N-dealkylation sites (N-methyl/N-ethyl adjacent to an activating group) is 1.